The topological polar surface area (TPSA) is 69.2 Å². The zero-order valence-electron chi connectivity index (χ0n) is 10.3. The van der Waals surface area contributed by atoms with Crippen LogP contribution in [0.2, 0.25) is 0 Å². The standard InChI is InChI=1S/C13H15N3O2/c1-9-12(10-6-4-3-5-7-10)15-11(14-9)8-16(2)13(17)18/h3-7H,8H2,1-2H3,(H,14,15)(H,17,18). The van der Waals surface area contributed by atoms with Gasteiger partial charge in [0.15, 0.2) is 0 Å². The Balaban J connectivity index is 2.25. The maximum absolute atomic E-state index is 10.7. The number of carbonyl (C=O) groups is 1. The summed E-state index contributed by atoms with van der Waals surface area (Å²) in [6.07, 6.45) is -0.967. The van der Waals surface area contributed by atoms with Crippen molar-refractivity contribution in [2.24, 2.45) is 0 Å². The average molecular weight is 245 g/mol. The molecule has 0 saturated carbocycles. The summed E-state index contributed by atoms with van der Waals surface area (Å²) in [4.78, 5) is 19.5. The van der Waals surface area contributed by atoms with E-state index in [4.69, 9.17) is 5.11 Å². The van der Waals surface area contributed by atoms with Crippen LogP contribution >= 0.6 is 0 Å². The molecule has 0 unspecified atom stereocenters. The Hall–Kier alpha value is -2.30. The maximum atomic E-state index is 10.7. The van der Waals surface area contributed by atoms with Crippen molar-refractivity contribution >= 4 is 6.09 Å². The summed E-state index contributed by atoms with van der Waals surface area (Å²) >= 11 is 0. The van der Waals surface area contributed by atoms with Gasteiger partial charge in [-0.25, -0.2) is 9.78 Å². The summed E-state index contributed by atoms with van der Waals surface area (Å²) in [5.41, 5.74) is 2.83. The van der Waals surface area contributed by atoms with Crippen molar-refractivity contribution in [2.75, 3.05) is 7.05 Å². The molecule has 5 heteroatoms. The number of aromatic amines is 1. The first-order valence-corrected chi connectivity index (χ1v) is 5.63. The highest BCUT2D eigenvalue weighted by Gasteiger charge is 2.12. The van der Waals surface area contributed by atoms with E-state index >= 15 is 0 Å². The molecule has 0 atom stereocenters. The minimum absolute atomic E-state index is 0.253. The quantitative estimate of drug-likeness (QED) is 0.872. The zero-order valence-corrected chi connectivity index (χ0v) is 10.3. The summed E-state index contributed by atoms with van der Waals surface area (Å²) in [5, 5.41) is 8.82. The van der Waals surface area contributed by atoms with Crippen molar-refractivity contribution in [2.45, 2.75) is 13.5 Å². The molecule has 1 aromatic heterocycles. The van der Waals surface area contributed by atoms with Crippen molar-refractivity contribution in [1.29, 1.82) is 0 Å². The fraction of sp³-hybridized carbons (Fsp3) is 0.231. The molecule has 0 fully saturated rings. The number of carboxylic acid groups (broad SMARTS) is 1. The summed E-state index contributed by atoms with van der Waals surface area (Å²) in [5.74, 6) is 0.649. The largest absolute Gasteiger partial charge is 0.465 e. The van der Waals surface area contributed by atoms with E-state index in [9.17, 15) is 4.79 Å². The van der Waals surface area contributed by atoms with Gasteiger partial charge >= 0.3 is 6.09 Å². The van der Waals surface area contributed by atoms with Crippen LogP contribution in [0, 0.1) is 6.92 Å². The van der Waals surface area contributed by atoms with Crippen LogP contribution in [0.15, 0.2) is 30.3 Å². The Morgan fingerprint density at radius 3 is 2.67 bits per heavy atom. The Morgan fingerprint density at radius 1 is 1.39 bits per heavy atom. The number of hydrogen-bond donors (Lipinski definition) is 2. The minimum atomic E-state index is -0.967. The normalized spacial score (nSPS) is 10.3. The number of nitrogens with one attached hydrogen (secondary N) is 1. The van der Waals surface area contributed by atoms with Crippen LogP contribution < -0.4 is 0 Å². The molecule has 1 aromatic carbocycles. The van der Waals surface area contributed by atoms with Crippen molar-refractivity contribution < 1.29 is 9.90 Å². The van der Waals surface area contributed by atoms with E-state index in [1.54, 1.807) is 0 Å². The van der Waals surface area contributed by atoms with E-state index in [0.717, 1.165) is 17.0 Å². The van der Waals surface area contributed by atoms with E-state index in [2.05, 4.69) is 9.97 Å². The average Bonchev–Trinajstić information content (AvgIpc) is 2.71. The van der Waals surface area contributed by atoms with Crippen LogP contribution in [0.5, 0.6) is 0 Å². The SMILES string of the molecule is Cc1[nH]c(CN(C)C(=O)O)nc1-c1ccccc1. The molecule has 1 heterocycles. The third kappa shape index (κ3) is 2.51. The van der Waals surface area contributed by atoms with Gasteiger partial charge in [-0.15, -0.1) is 0 Å². The molecule has 0 aliphatic heterocycles. The molecular formula is C13H15N3O2. The molecule has 2 N–H and O–H groups in total. The van der Waals surface area contributed by atoms with E-state index in [1.165, 1.54) is 11.9 Å². The van der Waals surface area contributed by atoms with Gasteiger partial charge in [0.05, 0.1) is 12.2 Å². The minimum Gasteiger partial charge on any atom is -0.465 e. The fourth-order valence-corrected chi connectivity index (χ4v) is 1.77. The van der Waals surface area contributed by atoms with Crippen LogP contribution in [0.1, 0.15) is 11.5 Å². The van der Waals surface area contributed by atoms with Gasteiger partial charge in [0.2, 0.25) is 0 Å². The molecule has 2 aromatic rings. The van der Waals surface area contributed by atoms with E-state index < -0.39 is 6.09 Å². The van der Waals surface area contributed by atoms with Gasteiger partial charge in [-0.1, -0.05) is 30.3 Å². The predicted molar refractivity (Wildman–Crippen MR) is 68.3 cm³/mol. The molecule has 5 nitrogen and oxygen atoms in total. The first-order chi connectivity index (χ1) is 8.58. The van der Waals surface area contributed by atoms with E-state index in [1.807, 2.05) is 37.3 Å². The second kappa shape index (κ2) is 4.91. The highest BCUT2D eigenvalue weighted by molar-refractivity contribution is 5.65. The summed E-state index contributed by atoms with van der Waals surface area (Å²) in [6, 6.07) is 9.81. The Labute approximate surface area is 105 Å². The highest BCUT2D eigenvalue weighted by atomic mass is 16.4. The lowest BCUT2D eigenvalue weighted by Crippen LogP contribution is -2.24. The number of nitrogens with zero attached hydrogens (tertiary/aromatic N) is 2. The summed E-state index contributed by atoms with van der Waals surface area (Å²) in [7, 11) is 1.52. The molecule has 0 bridgehead atoms. The first-order valence-electron chi connectivity index (χ1n) is 5.63. The lowest BCUT2D eigenvalue weighted by molar-refractivity contribution is 0.153. The molecule has 94 valence electrons. The number of rotatable bonds is 3. The van der Waals surface area contributed by atoms with Crippen molar-refractivity contribution in [3.63, 3.8) is 0 Å². The predicted octanol–water partition coefficient (Wildman–Crippen LogP) is 2.49. The third-order valence-corrected chi connectivity index (χ3v) is 2.69. The maximum Gasteiger partial charge on any atom is 0.407 e. The lowest BCUT2D eigenvalue weighted by Gasteiger charge is -2.09. The molecule has 0 saturated heterocycles. The Morgan fingerprint density at radius 2 is 2.06 bits per heavy atom. The van der Waals surface area contributed by atoms with Crippen molar-refractivity contribution in [1.82, 2.24) is 14.9 Å². The summed E-state index contributed by atoms with van der Waals surface area (Å²) in [6.45, 7) is 2.18. The lowest BCUT2D eigenvalue weighted by atomic mass is 10.1. The number of aryl methyl sites for hydroxylation is 1. The number of H-pyrrole nitrogens is 1. The van der Waals surface area contributed by atoms with E-state index in [0.29, 0.717) is 5.82 Å². The molecule has 0 spiro atoms. The number of amides is 1. The van der Waals surface area contributed by atoms with Gasteiger partial charge in [-0.05, 0) is 6.92 Å². The second-order valence-electron chi connectivity index (χ2n) is 4.16. The van der Waals surface area contributed by atoms with Crippen LogP contribution in [0.4, 0.5) is 4.79 Å². The summed E-state index contributed by atoms with van der Waals surface area (Å²) < 4.78 is 0. The number of hydrogen-bond acceptors (Lipinski definition) is 2. The number of benzene rings is 1. The van der Waals surface area contributed by atoms with Gasteiger partial charge in [-0.3, -0.25) is 0 Å². The van der Waals surface area contributed by atoms with Gasteiger partial charge in [0, 0.05) is 18.3 Å². The van der Waals surface area contributed by atoms with Gasteiger partial charge in [-0.2, -0.15) is 0 Å². The Bertz CT molecular complexity index is 549. The monoisotopic (exact) mass is 245 g/mol. The Kier molecular flexibility index (Phi) is 3.32. The highest BCUT2D eigenvalue weighted by Crippen LogP contribution is 2.20. The zero-order chi connectivity index (χ0) is 13.1. The van der Waals surface area contributed by atoms with Gasteiger partial charge < -0.3 is 15.0 Å². The van der Waals surface area contributed by atoms with Crippen molar-refractivity contribution in [3.05, 3.63) is 41.9 Å². The first kappa shape index (κ1) is 12.2. The van der Waals surface area contributed by atoms with Gasteiger partial charge in [0.25, 0.3) is 0 Å². The van der Waals surface area contributed by atoms with Gasteiger partial charge in [0.1, 0.15) is 5.82 Å². The molecule has 18 heavy (non-hydrogen) atoms. The van der Waals surface area contributed by atoms with Crippen LogP contribution in [-0.2, 0) is 6.54 Å². The molecule has 0 aliphatic carbocycles. The third-order valence-electron chi connectivity index (χ3n) is 2.69. The van der Waals surface area contributed by atoms with Crippen LogP contribution in [-0.4, -0.2) is 33.1 Å². The second-order valence-corrected chi connectivity index (χ2v) is 4.16. The van der Waals surface area contributed by atoms with Crippen LogP contribution in [0.25, 0.3) is 11.3 Å². The van der Waals surface area contributed by atoms with Crippen molar-refractivity contribution in [3.8, 4) is 11.3 Å². The molecule has 1 amide bonds. The smallest absolute Gasteiger partial charge is 0.407 e. The molecular weight excluding hydrogens is 230 g/mol. The van der Waals surface area contributed by atoms with Crippen LogP contribution in [0.3, 0.4) is 0 Å². The molecule has 0 radical (unpaired) electrons. The van der Waals surface area contributed by atoms with E-state index in [-0.39, 0.29) is 6.54 Å². The number of imidazole rings is 1. The molecule has 0 aliphatic rings. The fourth-order valence-electron chi connectivity index (χ4n) is 1.77. The molecule has 2 rings (SSSR count). The number of aromatic nitrogens is 2.